The Hall–Kier alpha value is -6.37. The molecule has 520 valence electrons. The van der Waals surface area contributed by atoms with E-state index in [9.17, 15) is 20.2 Å². The summed E-state index contributed by atoms with van der Waals surface area (Å²) in [5.41, 5.74) is 14.5. The Labute approximate surface area is 567 Å². The zero-order chi connectivity index (χ0) is 66.7. The predicted octanol–water partition coefficient (Wildman–Crippen LogP) is 13.0. The number of nitrogens with zero attached hydrogens (tertiary/aromatic N) is 3. The van der Waals surface area contributed by atoms with Gasteiger partial charge in [0.05, 0.1) is 38.6 Å². The summed E-state index contributed by atoms with van der Waals surface area (Å²) in [5, 5.41) is 17.5. The highest BCUT2D eigenvalue weighted by Crippen LogP contribution is 2.53. The van der Waals surface area contributed by atoms with Crippen LogP contribution in [0.2, 0.25) is 0 Å². The zero-order valence-electron chi connectivity index (χ0n) is 55.6. The van der Waals surface area contributed by atoms with Gasteiger partial charge in [0, 0.05) is 30.6 Å². The standard InChI is InChI=1S/C76H93N3O18/c1-48(2)55-36-35-49(3)41-56(55)90-74(82)93-66-65(67-69(96-75(94-67)37-21-9-22-38-75)70-68(66)95-76(97-70)39-23-10-24-40-76)92-72-59(78-79-77)63(85-44-52-29-15-6-16-30-52)62(58(88-72)47-87-71(81)54-33-19-8-20-34-54)91-73-60(80)64(86-45-53-31-17-7-18-32-53)61(84-43-51-27-13-5-14-28-51)57(89-73)46-83-42-50-25-11-4-12-26-50/h4-8,11-20,25-34,48-49,55-70,72-73,80H,9-10,21-24,35-47H2,1-3H3/t49-,55+,56-,57-,58-,59-,60+,61-,62-,63-,64-,65+,66+,67-,68+,69+,70+,72-,73-/m1/s1. The zero-order valence-corrected chi connectivity index (χ0v) is 55.6. The quantitative estimate of drug-likeness (QED) is 0.0261. The van der Waals surface area contributed by atoms with E-state index in [4.69, 9.17) is 71.1 Å². The van der Waals surface area contributed by atoms with Gasteiger partial charge >= 0.3 is 12.1 Å². The molecule has 2 spiro atoms. The van der Waals surface area contributed by atoms with Crippen LogP contribution in [0.3, 0.4) is 0 Å². The molecule has 97 heavy (non-hydrogen) atoms. The number of rotatable bonds is 24. The van der Waals surface area contributed by atoms with Gasteiger partial charge in [-0.05, 0) is 96.2 Å². The summed E-state index contributed by atoms with van der Waals surface area (Å²) in [6.45, 7) is 6.30. The monoisotopic (exact) mass is 1340 g/mol. The number of carbonyl (C=O) groups excluding carboxylic acids is 2. The maximum Gasteiger partial charge on any atom is 0.509 e. The minimum Gasteiger partial charge on any atom is -0.459 e. The number of aliphatic hydroxyl groups excluding tert-OH is 1. The van der Waals surface area contributed by atoms with Crippen molar-refractivity contribution in [2.24, 2.45) is 22.9 Å². The average Bonchev–Trinajstić information content (AvgIpc) is 1.57. The van der Waals surface area contributed by atoms with Crippen molar-refractivity contribution in [1.29, 1.82) is 0 Å². The van der Waals surface area contributed by atoms with Gasteiger partial charge in [0.25, 0.3) is 0 Å². The number of hydrogen-bond donors (Lipinski definition) is 1. The Morgan fingerprint density at radius 2 is 1.02 bits per heavy atom. The van der Waals surface area contributed by atoms with Crippen molar-refractivity contribution >= 4 is 12.1 Å². The van der Waals surface area contributed by atoms with E-state index >= 15 is 0 Å². The summed E-state index contributed by atoms with van der Waals surface area (Å²) >= 11 is 0. The van der Waals surface area contributed by atoms with Crippen LogP contribution in [0.1, 0.15) is 137 Å². The molecule has 0 radical (unpaired) electrons. The van der Waals surface area contributed by atoms with Gasteiger partial charge in [-0.2, -0.15) is 0 Å². The van der Waals surface area contributed by atoms with Gasteiger partial charge in [-0.25, -0.2) is 9.59 Å². The van der Waals surface area contributed by atoms with Crippen LogP contribution in [0.15, 0.2) is 157 Å². The first-order chi connectivity index (χ1) is 47.4. The second-order valence-electron chi connectivity index (χ2n) is 27.8. The third-order valence-electron chi connectivity index (χ3n) is 20.7. The highest BCUT2D eigenvalue weighted by molar-refractivity contribution is 5.89. The van der Waals surface area contributed by atoms with Gasteiger partial charge in [-0.1, -0.05) is 185 Å². The van der Waals surface area contributed by atoms with E-state index in [1.54, 1.807) is 30.3 Å². The molecule has 1 N–H and O–H groups in total. The number of fused-ring (bicyclic) bond motifs is 3. The molecule has 0 unspecified atom stereocenters. The van der Waals surface area contributed by atoms with Crippen LogP contribution in [-0.2, 0) is 97.5 Å². The normalized spacial score (nSPS) is 33.5. The molecule has 0 amide bonds. The van der Waals surface area contributed by atoms with E-state index in [1.165, 1.54) is 0 Å². The largest absolute Gasteiger partial charge is 0.509 e. The van der Waals surface area contributed by atoms with E-state index in [-0.39, 0.29) is 50.4 Å². The Kier molecular flexibility index (Phi) is 23.0. The number of benzene rings is 5. The number of hydrogen-bond acceptors (Lipinski definition) is 19. The van der Waals surface area contributed by atoms with Gasteiger partial charge in [0.1, 0.15) is 92.0 Å². The molecule has 21 heteroatoms. The van der Waals surface area contributed by atoms with Crippen molar-refractivity contribution in [1.82, 2.24) is 0 Å². The van der Waals surface area contributed by atoms with Gasteiger partial charge in [0.15, 0.2) is 30.3 Å². The van der Waals surface area contributed by atoms with Crippen molar-refractivity contribution in [3.63, 3.8) is 0 Å². The lowest BCUT2D eigenvalue weighted by molar-refractivity contribution is -0.364. The molecule has 13 rings (SSSR count). The van der Waals surface area contributed by atoms with Crippen molar-refractivity contribution in [3.05, 3.63) is 190 Å². The molecular weight excluding hydrogens is 1240 g/mol. The molecule has 4 aliphatic heterocycles. The fourth-order valence-corrected chi connectivity index (χ4v) is 15.7. The van der Waals surface area contributed by atoms with Crippen molar-refractivity contribution in [2.75, 3.05) is 13.2 Å². The minimum absolute atomic E-state index is 0.0418. The number of esters is 1. The Morgan fingerprint density at radius 3 is 1.57 bits per heavy atom. The third kappa shape index (κ3) is 16.6. The van der Waals surface area contributed by atoms with Crippen LogP contribution in [0, 0.1) is 17.8 Å². The molecule has 0 bridgehead atoms. The Bertz CT molecular complexity index is 3330. The van der Waals surface area contributed by atoms with Crippen LogP contribution in [-0.4, -0.2) is 146 Å². The number of carbonyl (C=O) groups is 2. The summed E-state index contributed by atoms with van der Waals surface area (Å²) in [7, 11) is 0. The lowest BCUT2D eigenvalue weighted by Gasteiger charge is -2.50. The van der Waals surface area contributed by atoms with Crippen LogP contribution in [0.25, 0.3) is 10.4 Å². The van der Waals surface area contributed by atoms with E-state index in [0.717, 1.165) is 73.6 Å². The lowest BCUT2D eigenvalue weighted by atomic mass is 9.75. The molecule has 4 aliphatic carbocycles. The number of ether oxygens (including phenoxy) is 15. The maximum atomic E-state index is 14.9. The Balaban J connectivity index is 0.886. The van der Waals surface area contributed by atoms with Crippen LogP contribution < -0.4 is 0 Å². The molecule has 4 saturated heterocycles. The van der Waals surface area contributed by atoms with Crippen molar-refractivity contribution in [2.45, 2.75) is 246 Å². The van der Waals surface area contributed by atoms with Crippen molar-refractivity contribution in [3.8, 4) is 0 Å². The number of azide groups is 1. The average molecular weight is 1340 g/mol. The summed E-state index contributed by atoms with van der Waals surface area (Å²) < 4.78 is 104. The molecule has 5 aromatic carbocycles. The minimum atomic E-state index is -1.60. The molecule has 0 aromatic heterocycles. The molecule has 8 fully saturated rings. The van der Waals surface area contributed by atoms with Gasteiger partial charge in [-0.15, -0.1) is 0 Å². The first-order valence-corrected chi connectivity index (χ1v) is 35.1. The van der Waals surface area contributed by atoms with E-state index in [2.05, 4.69) is 30.8 Å². The van der Waals surface area contributed by atoms with Gasteiger partial charge < -0.3 is 76.2 Å². The van der Waals surface area contributed by atoms with Crippen molar-refractivity contribution < 1.29 is 85.7 Å². The van der Waals surface area contributed by atoms with Crippen LogP contribution in [0.5, 0.6) is 0 Å². The fourth-order valence-electron chi connectivity index (χ4n) is 15.7. The molecule has 4 saturated carbocycles. The molecular formula is C76H93N3O18. The second kappa shape index (κ2) is 32.3. The summed E-state index contributed by atoms with van der Waals surface area (Å²) in [4.78, 5) is 32.7. The maximum absolute atomic E-state index is 14.9. The van der Waals surface area contributed by atoms with Gasteiger partial charge in [0.2, 0.25) is 0 Å². The van der Waals surface area contributed by atoms with Gasteiger partial charge in [-0.3, -0.25) is 0 Å². The molecule has 4 heterocycles. The summed E-state index contributed by atoms with van der Waals surface area (Å²) in [5.74, 6) is -2.06. The van der Waals surface area contributed by atoms with E-state index in [1.807, 2.05) is 121 Å². The van der Waals surface area contributed by atoms with E-state index < -0.39 is 134 Å². The predicted molar refractivity (Wildman–Crippen MR) is 351 cm³/mol. The number of aliphatic hydroxyl groups is 1. The van der Waals surface area contributed by atoms with Crippen LogP contribution >= 0.6 is 0 Å². The highest BCUT2D eigenvalue weighted by atomic mass is 16.8. The smallest absolute Gasteiger partial charge is 0.459 e. The summed E-state index contributed by atoms with van der Waals surface area (Å²) in [6.07, 6.45) is -8.80. The molecule has 21 nitrogen and oxygen atoms in total. The molecule has 19 atom stereocenters. The third-order valence-corrected chi connectivity index (χ3v) is 20.7. The Morgan fingerprint density at radius 1 is 0.546 bits per heavy atom. The first-order valence-electron chi connectivity index (χ1n) is 35.1. The van der Waals surface area contributed by atoms with Crippen LogP contribution in [0.4, 0.5) is 4.79 Å². The SMILES string of the molecule is CC(C)[C@@H]1CC[C@@H](C)C[C@H]1OC(=O)O[C@H]1[C@H](O[C@H]2O[C@H](COC(=O)c3ccccc3)[C@@H](O[C@H]3O[C@H](COCc4ccccc4)[C@@H](OCc4ccccc4)[C@H](OCc4ccccc4)[C@@H]3O)[C@H](OCc3ccccc3)[C@H]2N=[N+]=[N-])[C@H]2OC3(CCCCC3)O[C@@H]2[C@H]2OC3(CCCCC3)O[C@@H]12. The highest BCUT2D eigenvalue weighted by Gasteiger charge is 2.69. The summed E-state index contributed by atoms with van der Waals surface area (Å²) in [6, 6.07) is 45.5. The molecule has 5 aromatic rings. The first kappa shape index (κ1) is 69.1. The topological polar surface area (TPSA) is 242 Å². The molecule has 8 aliphatic rings. The van der Waals surface area contributed by atoms with E-state index in [0.29, 0.717) is 38.0 Å². The second-order valence-corrected chi connectivity index (χ2v) is 27.8. The lowest BCUT2D eigenvalue weighted by Crippen LogP contribution is -2.68. The fraction of sp³-hybridized carbons (Fsp3) is 0.579.